The summed E-state index contributed by atoms with van der Waals surface area (Å²) in [6.07, 6.45) is 0. The number of oxazole rings is 1. The lowest BCUT2D eigenvalue weighted by Gasteiger charge is -2.18. The maximum atomic E-state index is 10.4. The fraction of sp³-hybridized carbons (Fsp3) is 0.282. The molecule has 0 radical (unpaired) electrons. The van der Waals surface area contributed by atoms with Gasteiger partial charge in [-0.3, -0.25) is 0 Å². The number of pyridine rings is 1. The fourth-order valence-electron chi connectivity index (χ4n) is 6.25. The molecule has 6 aromatic rings. The minimum Gasteiger partial charge on any atom is -0.422 e. The van der Waals surface area contributed by atoms with Gasteiger partial charge in [0.25, 0.3) is 0 Å². The predicted octanol–water partition coefficient (Wildman–Crippen LogP) is 10.6. The fourth-order valence-corrected chi connectivity index (χ4v) is 6.25. The van der Waals surface area contributed by atoms with Gasteiger partial charge in [0.2, 0.25) is 5.82 Å². The summed E-state index contributed by atoms with van der Waals surface area (Å²) in [5.41, 5.74) is 11.8. The van der Waals surface area contributed by atoms with Gasteiger partial charge in [-0.2, -0.15) is 20.0 Å². The Morgan fingerprint density at radius 2 is 1.35 bits per heavy atom. The summed E-state index contributed by atoms with van der Waals surface area (Å²) in [6, 6.07) is 20.5. The van der Waals surface area contributed by atoms with E-state index in [0.717, 1.165) is 39.2 Å². The summed E-state index contributed by atoms with van der Waals surface area (Å²) in [4.78, 5) is 9.70. The van der Waals surface area contributed by atoms with Crippen molar-refractivity contribution in [3.05, 3.63) is 105 Å². The van der Waals surface area contributed by atoms with Crippen LogP contribution in [-0.4, -0.2) is 19.7 Å². The number of nitrogens with one attached hydrogen (secondary N) is 2. The molecular weight excluding hydrogens is 610 g/mol. The molecule has 3 aromatic carbocycles. The van der Waals surface area contributed by atoms with Gasteiger partial charge in [-0.15, -0.1) is 10.2 Å². The smallest absolute Gasteiger partial charge is 0.325 e. The van der Waals surface area contributed by atoms with Crippen molar-refractivity contribution in [2.24, 2.45) is 10.2 Å². The minimum atomic E-state index is -0.461. The number of hydrogen-bond acceptors (Lipinski definition) is 9. The van der Waals surface area contributed by atoms with E-state index in [4.69, 9.17) is 24.7 Å². The number of azo groups is 1. The summed E-state index contributed by atoms with van der Waals surface area (Å²) >= 11 is 0. The van der Waals surface area contributed by atoms with Crippen LogP contribution in [-0.2, 0) is 5.41 Å². The number of nitrogens with zero attached hydrogens (tertiary/aromatic N) is 7. The lowest BCUT2D eigenvalue weighted by Crippen LogP contribution is -2.14. The van der Waals surface area contributed by atoms with Crippen LogP contribution in [0.15, 0.2) is 69.2 Å². The summed E-state index contributed by atoms with van der Waals surface area (Å²) in [7, 11) is 0. The lowest BCUT2D eigenvalue weighted by atomic mass is 9.90. The monoisotopic (exact) mass is 651 g/mol. The zero-order valence-corrected chi connectivity index (χ0v) is 29.7. The van der Waals surface area contributed by atoms with Gasteiger partial charge in [0, 0.05) is 16.8 Å². The lowest BCUT2D eigenvalue weighted by molar-refractivity contribution is 0.520. The molecular formula is C39H41N9O. The average Bonchev–Trinajstić information content (AvgIpc) is 3.61. The van der Waals surface area contributed by atoms with Crippen molar-refractivity contribution in [2.45, 2.75) is 74.7 Å². The van der Waals surface area contributed by atoms with Gasteiger partial charge < -0.3 is 15.1 Å². The van der Waals surface area contributed by atoms with Gasteiger partial charge in [-0.05, 0) is 94.5 Å². The number of aromatic nitrogens is 4. The topological polar surface area (TPSA) is 129 Å². The normalized spacial score (nSPS) is 11.8. The number of anilines is 4. The SMILES string of the molecule is Cc1cc(C)c(Nc2cc(C)c(N=Nc3c(C#N)c(C(C)(C)C)nn3-c3nc4ccccc4o3)c(Nc3c(C)cc(C)cc3C)n2)c(C)c1. The second-order valence-corrected chi connectivity index (χ2v) is 13.8. The van der Waals surface area contributed by atoms with Crippen LogP contribution < -0.4 is 10.6 Å². The Balaban J connectivity index is 1.52. The Kier molecular flexibility index (Phi) is 8.55. The first-order chi connectivity index (χ1) is 23.2. The van der Waals surface area contributed by atoms with Gasteiger partial charge in [-0.25, -0.2) is 4.98 Å². The van der Waals surface area contributed by atoms with Crippen molar-refractivity contribution in [3.8, 4) is 12.1 Å². The molecule has 0 fully saturated rings. The van der Waals surface area contributed by atoms with Crippen molar-refractivity contribution in [1.29, 1.82) is 5.26 Å². The Hall–Kier alpha value is -5.82. The zero-order valence-electron chi connectivity index (χ0n) is 29.7. The number of hydrogen-bond donors (Lipinski definition) is 2. The third-order valence-corrected chi connectivity index (χ3v) is 8.43. The van der Waals surface area contributed by atoms with E-state index in [1.54, 1.807) is 0 Å². The van der Waals surface area contributed by atoms with E-state index in [1.165, 1.54) is 15.8 Å². The third-order valence-electron chi connectivity index (χ3n) is 8.43. The summed E-state index contributed by atoms with van der Waals surface area (Å²) < 4.78 is 7.54. The molecule has 0 spiro atoms. The molecule has 248 valence electrons. The largest absolute Gasteiger partial charge is 0.422 e. The summed E-state index contributed by atoms with van der Waals surface area (Å²) in [5, 5.41) is 31.8. The maximum absolute atomic E-state index is 10.4. The second kappa shape index (κ2) is 12.7. The zero-order chi connectivity index (χ0) is 35.2. The minimum absolute atomic E-state index is 0.199. The van der Waals surface area contributed by atoms with Crippen molar-refractivity contribution >= 4 is 45.6 Å². The molecule has 3 aromatic heterocycles. The molecule has 0 aliphatic carbocycles. The van der Waals surface area contributed by atoms with Crippen LogP contribution in [0.4, 0.5) is 34.5 Å². The molecule has 3 heterocycles. The molecule has 0 saturated carbocycles. The number of aryl methyl sites for hydroxylation is 7. The van der Waals surface area contributed by atoms with Crippen LogP contribution in [0.2, 0.25) is 0 Å². The molecule has 0 aliphatic heterocycles. The summed E-state index contributed by atoms with van der Waals surface area (Å²) in [5.74, 6) is 1.41. The van der Waals surface area contributed by atoms with Crippen LogP contribution in [0.25, 0.3) is 17.1 Å². The van der Waals surface area contributed by atoms with Gasteiger partial charge in [0.05, 0.1) is 5.69 Å². The number of fused-ring (bicyclic) bond motifs is 1. The van der Waals surface area contributed by atoms with E-state index in [2.05, 4.69) is 87.5 Å². The standard InChI is InChI=1S/C39H41N9O/c1-21-15-23(3)32(24(4)16-21)42-31-19-27(7)34(36(43-31)44-33-25(5)17-22(2)18-26(33)6)45-46-37-28(20-40)35(39(8,9)10)47-48(37)38-41-29-13-11-12-14-30(29)49-38/h11-19H,1-10H3,(H2,42,43,44). The first-order valence-electron chi connectivity index (χ1n) is 16.3. The highest BCUT2D eigenvalue weighted by Gasteiger charge is 2.29. The van der Waals surface area contributed by atoms with Crippen LogP contribution >= 0.6 is 0 Å². The van der Waals surface area contributed by atoms with Gasteiger partial charge in [-0.1, -0.05) is 68.3 Å². The molecule has 0 unspecified atom stereocenters. The highest BCUT2D eigenvalue weighted by Crippen LogP contribution is 2.39. The second-order valence-electron chi connectivity index (χ2n) is 13.8. The van der Waals surface area contributed by atoms with E-state index in [-0.39, 0.29) is 11.8 Å². The first-order valence-corrected chi connectivity index (χ1v) is 16.3. The Morgan fingerprint density at radius 3 is 1.92 bits per heavy atom. The van der Waals surface area contributed by atoms with Crippen molar-refractivity contribution in [3.63, 3.8) is 0 Å². The first kappa shape index (κ1) is 33.1. The Labute approximate surface area is 287 Å². The Bertz CT molecular complexity index is 2230. The molecule has 0 atom stereocenters. The molecule has 0 amide bonds. The molecule has 2 N–H and O–H groups in total. The molecule has 0 saturated heterocycles. The molecule has 10 nitrogen and oxygen atoms in total. The average molecular weight is 652 g/mol. The highest BCUT2D eigenvalue weighted by molar-refractivity contribution is 5.78. The number of benzene rings is 3. The molecule has 6 rings (SSSR count). The highest BCUT2D eigenvalue weighted by atomic mass is 16.4. The van der Waals surface area contributed by atoms with Gasteiger partial charge >= 0.3 is 6.01 Å². The molecule has 0 bridgehead atoms. The van der Waals surface area contributed by atoms with Crippen LogP contribution in [0, 0.1) is 59.8 Å². The van der Waals surface area contributed by atoms with E-state index < -0.39 is 5.41 Å². The third kappa shape index (κ3) is 6.52. The van der Waals surface area contributed by atoms with Crippen molar-refractivity contribution in [1.82, 2.24) is 19.7 Å². The van der Waals surface area contributed by atoms with Crippen molar-refractivity contribution < 1.29 is 4.42 Å². The number of rotatable bonds is 7. The van der Waals surface area contributed by atoms with Gasteiger partial charge in [0.1, 0.15) is 28.7 Å². The molecule has 10 heteroatoms. The predicted molar refractivity (Wildman–Crippen MR) is 196 cm³/mol. The van der Waals surface area contributed by atoms with Crippen LogP contribution in [0.1, 0.15) is 71.0 Å². The van der Waals surface area contributed by atoms with E-state index >= 15 is 0 Å². The summed E-state index contributed by atoms with van der Waals surface area (Å²) in [6.45, 7) is 20.5. The Morgan fingerprint density at radius 1 is 0.755 bits per heavy atom. The van der Waals surface area contributed by atoms with E-state index in [1.807, 2.05) is 58.0 Å². The maximum Gasteiger partial charge on any atom is 0.325 e. The molecule has 49 heavy (non-hydrogen) atoms. The van der Waals surface area contributed by atoms with E-state index in [0.29, 0.717) is 39.7 Å². The quantitative estimate of drug-likeness (QED) is 0.164. The van der Waals surface area contributed by atoms with Crippen LogP contribution in [0.3, 0.4) is 0 Å². The molecule has 0 aliphatic rings. The van der Waals surface area contributed by atoms with Crippen molar-refractivity contribution in [2.75, 3.05) is 10.6 Å². The number of para-hydroxylation sites is 2. The van der Waals surface area contributed by atoms with Gasteiger partial charge in [0.15, 0.2) is 11.4 Å². The number of nitriles is 1. The van der Waals surface area contributed by atoms with Crippen LogP contribution in [0.5, 0.6) is 0 Å². The van der Waals surface area contributed by atoms with E-state index in [9.17, 15) is 5.26 Å².